The van der Waals surface area contributed by atoms with Crippen molar-refractivity contribution in [2.24, 2.45) is 0 Å². The van der Waals surface area contributed by atoms with Crippen LogP contribution < -0.4 is 9.64 Å². The molecule has 0 spiro atoms. The van der Waals surface area contributed by atoms with Gasteiger partial charge in [0.25, 0.3) is 0 Å². The van der Waals surface area contributed by atoms with Crippen LogP contribution >= 0.6 is 0 Å². The minimum absolute atomic E-state index is 0.330. The number of nitrogens with zero attached hydrogens (tertiary/aromatic N) is 1. The third-order valence-corrected chi connectivity index (χ3v) is 2.40. The molecule has 0 fully saturated rings. The number of carbonyl (C=O) groups excluding carboxylic acids is 1. The normalized spacial score (nSPS) is 9.81. The van der Waals surface area contributed by atoms with E-state index >= 15 is 0 Å². The van der Waals surface area contributed by atoms with E-state index in [1.807, 2.05) is 38.1 Å². The number of carbonyl (C=O) groups is 1. The van der Waals surface area contributed by atoms with Crippen LogP contribution in [-0.2, 0) is 4.74 Å². The lowest BCUT2D eigenvalue weighted by atomic mass is 10.1. The average molecular weight is 223 g/mol. The molecule has 1 aromatic carbocycles. The minimum Gasteiger partial charge on any atom is -0.497 e. The number of aryl methyl sites for hydroxylation is 1. The second kappa shape index (κ2) is 4.88. The maximum atomic E-state index is 11.7. The van der Waals surface area contributed by atoms with E-state index in [9.17, 15) is 4.79 Å². The summed E-state index contributed by atoms with van der Waals surface area (Å²) in [5.41, 5.74) is 2.21. The lowest BCUT2D eigenvalue weighted by Crippen LogP contribution is -2.16. The molecule has 1 rings (SSSR count). The molecule has 0 aromatic heterocycles. The SMILES string of the molecule is COC(=O)c1c(C)cc(OC)cc1N(C)C. The van der Waals surface area contributed by atoms with E-state index in [0.717, 1.165) is 17.0 Å². The molecule has 4 nitrogen and oxygen atoms in total. The monoisotopic (exact) mass is 223 g/mol. The molecule has 1 aromatic rings. The van der Waals surface area contributed by atoms with Crippen molar-refractivity contribution in [2.75, 3.05) is 33.2 Å². The fraction of sp³-hybridized carbons (Fsp3) is 0.417. The Bertz CT molecular complexity index is 399. The van der Waals surface area contributed by atoms with Crippen LogP contribution in [0.15, 0.2) is 12.1 Å². The predicted molar refractivity (Wildman–Crippen MR) is 63.4 cm³/mol. The van der Waals surface area contributed by atoms with Crippen molar-refractivity contribution >= 4 is 11.7 Å². The lowest BCUT2D eigenvalue weighted by molar-refractivity contribution is 0.0600. The maximum absolute atomic E-state index is 11.7. The number of hydrogen-bond acceptors (Lipinski definition) is 4. The van der Waals surface area contributed by atoms with Crippen molar-refractivity contribution in [3.05, 3.63) is 23.3 Å². The van der Waals surface area contributed by atoms with Gasteiger partial charge in [0, 0.05) is 20.2 Å². The van der Waals surface area contributed by atoms with Crippen LogP contribution in [0.25, 0.3) is 0 Å². The Morgan fingerprint density at radius 2 is 1.88 bits per heavy atom. The highest BCUT2D eigenvalue weighted by Gasteiger charge is 2.17. The first-order valence-electron chi connectivity index (χ1n) is 4.95. The topological polar surface area (TPSA) is 38.8 Å². The molecule has 0 amide bonds. The Kier molecular flexibility index (Phi) is 3.77. The largest absolute Gasteiger partial charge is 0.497 e. The van der Waals surface area contributed by atoms with Crippen LogP contribution in [0.1, 0.15) is 15.9 Å². The average Bonchev–Trinajstić information content (AvgIpc) is 2.26. The van der Waals surface area contributed by atoms with E-state index in [-0.39, 0.29) is 5.97 Å². The van der Waals surface area contributed by atoms with Crippen molar-refractivity contribution in [3.8, 4) is 5.75 Å². The zero-order valence-corrected chi connectivity index (χ0v) is 10.3. The second-order valence-corrected chi connectivity index (χ2v) is 3.72. The molecule has 4 heteroatoms. The van der Waals surface area contributed by atoms with Gasteiger partial charge in [-0.2, -0.15) is 0 Å². The molecule has 0 aliphatic rings. The third-order valence-electron chi connectivity index (χ3n) is 2.40. The van der Waals surface area contributed by atoms with E-state index < -0.39 is 0 Å². The third kappa shape index (κ3) is 2.27. The fourth-order valence-corrected chi connectivity index (χ4v) is 1.57. The number of ether oxygens (including phenoxy) is 2. The number of benzene rings is 1. The Hall–Kier alpha value is -1.71. The first-order valence-corrected chi connectivity index (χ1v) is 4.95. The molecule has 0 saturated carbocycles. The van der Waals surface area contributed by atoms with Crippen molar-refractivity contribution in [1.82, 2.24) is 0 Å². The molecular weight excluding hydrogens is 206 g/mol. The van der Waals surface area contributed by atoms with E-state index in [1.165, 1.54) is 7.11 Å². The van der Waals surface area contributed by atoms with Gasteiger partial charge in [0.15, 0.2) is 0 Å². The van der Waals surface area contributed by atoms with E-state index in [4.69, 9.17) is 9.47 Å². The Morgan fingerprint density at radius 3 is 2.31 bits per heavy atom. The van der Waals surface area contributed by atoms with Gasteiger partial charge in [-0.05, 0) is 18.6 Å². The lowest BCUT2D eigenvalue weighted by Gasteiger charge is -2.19. The standard InChI is InChI=1S/C12H17NO3/c1-8-6-9(15-4)7-10(13(2)3)11(8)12(14)16-5/h6-7H,1-5H3. The van der Waals surface area contributed by atoms with Crippen molar-refractivity contribution in [2.45, 2.75) is 6.92 Å². The summed E-state index contributed by atoms with van der Waals surface area (Å²) < 4.78 is 9.95. The predicted octanol–water partition coefficient (Wildman–Crippen LogP) is 1.86. The van der Waals surface area contributed by atoms with Crippen molar-refractivity contribution < 1.29 is 14.3 Å². The van der Waals surface area contributed by atoms with Gasteiger partial charge in [0.1, 0.15) is 5.75 Å². The number of methoxy groups -OCH3 is 2. The Labute approximate surface area is 95.8 Å². The van der Waals surface area contributed by atoms with Crippen LogP contribution in [-0.4, -0.2) is 34.3 Å². The molecule has 0 aliphatic heterocycles. The first-order chi connectivity index (χ1) is 7.51. The zero-order chi connectivity index (χ0) is 12.3. The van der Waals surface area contributed by atoms with E-state index in [1.54, 1.807) is 7.11 Å². The molecule has 0 N–H and O–H groups in total. The molecule has 16 heavy (non-hydrogen) atoms. The molecule has 0 atom stereocenters. The summed E-state index contributed by atoms with van der Waals surface area (Å²) in [6.07, 6.45) is 0. The van der Waals surface area contributed by atoms with Crippen molar-refractivity contribution in [3.63, 3.8) is 0 Å². The van der Waals surface area contributed by atoms with Crippen LogP contribution in [0, 0.1) is 6.92 Å². The summed E-state index contributed by atoms with van der Waals surface area (Å²) >= 11 is 0. The van der Waals surface area contributed by atoms with Gasteiger partial charge in [0.05, 0.1) is 25.5 Å². The molecule has 0 heterocycles. The van der Waals surface area contributed by atoms with Gasteiger partial charge in [-0.1, -0.05) is 0 Å². The summed E-state index contributed by atoms with van der Waals surface area (Å²) in [5.74, 6) is 0.401. The summed E-state index contributed by atoms with van der Waals surface area (Å²) in [5, 5.41) is 0. The van der Waals surface area contributed by atoms with Crippen LogP contribution in [0.2, 0.25) is 0 Å². The number of hydrogen-bond donors (Lipinski definition) is 0. The summed E-state index contributed by atoms with van der Waals surface area (Å²) in [7, 11) is 6.73. The van der Waals surface area contributed by atoms with Gasteiger partial charge in [-0.25, -0.2) is 4.79 Å². The highest BCUT2D eigenvalue weighted by molar-refractivity contribution is 5.97. The molecule has 0 saturated heterocycles. The summed E-state index contributed by atoms with van der Waals surface area (Å²) in [6, 6.07) is 3.64. The number of rotatable bonds is 3. The molecule has 0 aliphatic carbocycles. The van der Waals surface area contributed by atoms with Gasteiger partial charge in [0.2, 0.25) is 0 Å². The molecule has 0 bridgehead atoms. The smallest absolute Gasteiger partial charge is 0.340 e. The number of anilines is 1. The number of esters is 1. The molecular formula is C12H17NO3. The maximum Gasteiger partial charge on any atom is 0.340 e. The highest BCUT2D eigenvalue weighted by atomic mass is 16.5. The fourth-order valence-electron chi connectivity index (χ4n) is 1.57. The van der Waals surface area contributed by atoms with Crippen molar-refractivity contribution in [1.29, 1.82) is 0 Å². The zero-order valence-electron chi connectivity index (χ0n) is 10.3. The molecule has 0 unspecified atom stereocenters. The first kappa shape index (κ1) is 12.4. The van der Waals surface area contributed by atoms with Gasteiger partial charge in [-0.3, -0.25) is 0 Å². The van der Waals surface area contributed by atoms with Gasteiger partial charge in [-0.15, -0.1) is 0 Å². The summed E-state index contributed by atoms with van der Waals surface area (Å²) in [4.78, 5) is 13.5. The molecule has 88 valence electrons. The van der Waals surface area contributed by atoms with Gasteiger partial charge >= 0.3 is 5.97 Å². The van der Waals surface area contributed by atoms with Gasteiger partial charge < -0.3 is 14.4 Å². The van der Waals surface area contributed by atoms with Crippen LogP contribution in [0.4, 0.5) is 5.69 Å². The quantitative estimate of drug-likeness (QED) is 0.733. The van der Waals surface area contributed by atoms with Crippen LogP contribution in [0.3, 0.4) is 0 Å². The highest BCUT2D eigenvalue weighted by Crippen LogP contribution is 2.28. The molecule has 0 radical (unpaired) electrons. The Morgan fingerprint density at radius 1 is 1.25 bits per heavy atom. The van der Waals surface area contributed by atoms with E-state index in [2.05, 4.69) is 0 Å². The second-order valence-electron chi connectivity index (χ2n) is 3.72. The van der Waals surface area contributed by atoms with E-state index in [0.29, 0.717) is 5.56 Å². The Balaban J connectivity index is 3.39. The summed E-state index contributed by atoms with van der Waals surface area (Å²) in [6.45, 7) is 1.86. The van der Waals surface area contributed by atoms with Crippen LogP contribution in [0.5, 0.6) is 5.75 Å². The minimum atomic E-state index is -0.330.